The Hall–Kier alpha value is 1.37. The Labute approximate surface area is 116 Å². The Morgan fingerprint density at radius 1 is 1.08 bits per heavy atom. The molecule has 0 saturated heterocycles. The van der Waals surface area contributed by atoms with Crippen molar-refractivity contribution in [3.8, 4) is 0 Å². The maximum Gasteiger partial charge on any atom is 0.0799 e. The molecule has 0 N–H and O–H groups in total. The second-order valence-corrected chi connectivity index (χ2v) is 7.52. The van der Waals surface area contributed by atoms with E-state index in [4.69, 9.17) is 0 Å². The molecule has 0 amide bonds. The Balaban J connectivity index is 2.88. The van der Waals surface area contributed by atoms with Crippen molar-refractivity contribution in [1.82, 2.24) is 0 Å². The van der Waals surface area contributed by atoms with Crippen molar-refractivity contribution in [2.45, 2.75) is 0 Å². The third-order valence-electron chi connectivity index (χ3n) is 1.55. The Bertz CT molecular complexity index is 433. The van der Waals surface area contributed by atoms with Gasteiger partial charge in [-0.2, -0.15) is 0 Å². The van der Waals surface area contributed by atoms with Crippen molar-refractivity contribution in [2.24, 2.45) is 0 Å². The number of rotatable bonds is 0. The summed E-state index contributed by atoms with van der Waals surface area (Å²) in [6.07, 6.45) is 0. The molecule has 0 spiro atoms. The zero-order valence-electron chi connectivity index (χ0n) is 5.77. The van der Waals surface area contributed by atoms with Crippen LogP contribution < -0.4 is 0 Å². The number of halogens is 3. The van der Waals surface area contributed by atoms with E-state index in [1.165, 1.54) is 20.1 Å². The molecule has 12 heavy (non-hydrogen) atoms. The molecule has 0 unspecified atom stereocenters. The minimum absolute atomic E-state index is 1.31. The Kier molecular flexibility index (Phi) is 3.18. The maximum absolute atomic E-state index is 2.41. The molecule has 0 radical (unpaired) electrons. The molecule has 0 nitrogen and oxygen atoms in total. The first kappa shape index (κ1) is 9.91. The molecule has 0 aliphatic heterocycles. The predicted octanol–water partition coefficient (Wildman–Crippen LogP) is 4.72. The van der Waals surface area contributed by atoms with E-state index >= 15 is 0 Å². The van der Waals surface area contributed by atoms with Gasteiger partial charge in [-0.15, -0.1) is 11.3 Å². The zero-order chi connectivity index (χ0) is 8.72. The van der Waals surface area contributed by atoms with E-state index in [0.717, 1.165) is 0 Å². The zero-order valence-corrected chi connectivity index (χ0v) is 13.1. The Morgan fingerprint density at radius 2 is 1.83 bits per heavy atom. The average Bonchev–Trinajstić information content (AvgIpc) is 2.31. The molecule has 0 fully saturated rings. The van der Waals surface area contributed by atoms with E-state index in [1.54, 1.807) is 0 Å². The SMILES string of the molecule is Ic1ccc2sc(I)c(I)c2c1. The normalized spacial score (nSPS) is 10.9. The smallest absolute Gasteiger partial charge is 0.0799 e. The Morgan fingerprint density at radius 3 is 2.58 bits per heavy atom. The van der Waals surface area contributed by atoms with Gasteiger partial charge in [0.1, 0.15) is 0 Å². The van der Waals surface area contributed by atoms with Crippen LogP contribution >= 0.6 is 79.1 Å². The monoisotopic (exact) mass is 512 g/mol. The van der Waals surface area contributed by atoms with Crippen LogP contribution in [0.3, 0.4) is 0 Å². The largest absolute Gasteiger partial charge is 0.128 e. The molecule has 0 bridgehead atoms. The molecule has 62 valence electrons. The molecule has 2 aromatic rings. The summed E-state index contributed by atoms with van der Waals surface area (Å²) in [4.78, 5) is 0. The number of benzene rings is 1. The van der Waals surface area contributed by atoms with Crippen LogP contribution in [0, 0.1) is 10.0 Å². The second-order valence-electron chi connectivity index (χ2n) is 2.33. The average molecular weight is 512 g/mol. The summed E-state index contributed by atoms with van der Waals surface area (Å²) in [6, 6.07) is 6.61. The molecule has 2 rings (SSSR count). The fourth-order valence-corrected chi connectivity index (χ4v) is 4.26. The summed E-state index contributed by atoms with van der Waals surface area (Å²) < 4.78 is 5.49. The van der Waals surface area contributed by atoms with Gasteiger partial charge in [-0.05, 0) is 86.0 Å². The van der Waals surface area contributed by atoms with E-state index in [2.05, 4.69) is 86.0 Å². The lowest BCUT2D eigenvalue weighted by molar-refractivity contribution is 1.74. The number of hydrogen-bond donors (Lipinski definition) is 0. The lowest BCUT2D eigenvalue weighted by Crippen LogP contribution is -1.71. The van der Waals surface area contributed by atoms with Crippen molar-refractivity contribution in [3.05, 3.63) is 28.2 Å². The van der Waals surface area contributed by atoms with Gasteiger partial charge in [0.15, 0.2) is 0 Å². The van der Waals surface area contributed by atoms with Crippen LogP contribution in [-0.2, 0) is 0 Å². The molecule has 1 aromatic carbocycles. The minimum Gasteiger partial charge on any atom is -0.128 e. The number of hydrogen-bond acceptors (Lipinski definition) is 1. The fraction of sp³-hybridized carbons (Fsp3) is 0. The van der Waals surface area contributed by atoms with E-state index in [-0.39, 0.29) is 0 Å². The minimum atomic E-state index is 1.31. The second kappa shape index (κ2) is 3.85. The lowest BCUT2D eigenvalue weighted by Gasteiger charge is -1.91. The first-order chi connectivity index (χ1) is 5.68. The van der Waals surface area contributed by atoms with E-state index in [9.17, 15) is 0 Å². The van der Waals surface area contributed by atoms with E-state index in [0.29, 0.717) is 0 Å². The predicted molar refractivity (Wildman–Crippen MR) is 80.0 cm³/mol. The van der Waals surface area contributed by atoms with Crippen LogP contribution in [0.5, 0.6) is 0 Å². The summed E-state index contributed by atoms with van der Waals surface area (Å²) in [5, 5.41) is 1.40. The van der Waals surface area contributed by atoms with Gasteiger partial charge < -0.3 is 0 Å². The van der Waals surface area contributed by atoms with E-state index in [1.807, 2.05) is 11.3 Å². The molecule has 1 aromatic heterocycles. The lowest BCUT2D eigenvalue weighted by atomic mass is 10.3. The quantitative estimate of drug-likeness (QED) is 0.449. The number of thiophene rings is 1. The van der Waals surface area contributed by atoms with Crippen LogP contribution in [0.2, 0.25) is 0 Å². The van der Waals surface area contributed by atoms with Gasteiger partial charge in [-0.1, -0.05) is 0 Å². The first-order valence-corrected chi connectivity index (χ1v) is 7.27. The molecule has 0 atom stereocenters. The van der Waals surface area contributed by atoms with Crippen molar-refractivity contribution in [2.75, 3.05) is 0 Å². The van der Waals surface area contributed by atoms with E-state index < -0.39 is 0 Å². The summed E-state index contributed by atoms with van der Waals surface area (Å²) in [7, 11) is 0. The fourth-order valence-electron chi connectivity index (χ4n) is 1.01. The molecule has 0 aliphatic carbocycles. The van der Waals surface area contributed by atoms with Crippen molar-refractivity contribution >= 4 is 89.2 Å². The van der Waals surface area contributed by atoms with Gasteiger partial charge in [-0.25, -0.2) is 0 Å². The standard InChI is InChI=1S/C8H3I3S/c9-4-1-2-6-5(3-4)7(10)8(11)12-6/h1-3H. The molecular weight excluding hydrogens is 509 g/mol. The third-order valence-corrected chi connectivity index (χ3v) is 6.90. The molecule has 4 heteroatoms. The van der Waals surface area contributed by atoms with Crippen LogP contribution in [0.15, 0.2) is 18.2 Å². The van der Waals surface area contributed by atoms with Crippen molar-refractivity contribution < 1.29 is 0 Å². The summed E-state index contributed by atoms with van der Waals surface area (Å²) in [5.74, 6) is 0. The highest BCUT2D eigenvalue weighted by atomic mass is 127. The maximum atomic E-state index is 2.41. The summed E-state index contributed by atoms with van der Waals surface area (Å²) in [6.45, 7) is 0. The molecule has 0 saturated carbocycles. The molecular formula is C8H3I3S. The van der Waals surface area contributed by atoms with Crippen LogP contribution in [-0.4, -0.2) is 0 Å². The molecule has 1 heterocycles. The highest BCUT2D eigenvalue weighted by Gasteiger charge is 2.06. The van der Waals surface area contributed by atoms with Crippen molar-refractivity contribution in [1.29, 1.82) is 0 Å². The first-order valence-electron chi connectivity index (χ1n) is 3.21. The van der Waals surface area contributed by atoms with Crippen LogP contribution in [0.4, 0.5) is 0 Å². The topological polar surface area (TPSA) is 0 Å². The summed E-state index contributed by atoms with van der Waals surface area (Å²) >= 11 is 9.03. The highest BCUT2D eigenvalue weighted by molar-refractivity contribution is 14.1. The summed E-state index contributed by atoms with van der Waals surface area (Å²) in [5.41, 5.74) is 0. The van der Waals surface area contributed by atoms with Gasteiger partial charge in [0.2, 0.25) is 0 Å². The van der Waals surface area contributed by atoms with Gasteiger partial charge in [0.25, 0.3) is 0 Å². The molecule has 0 aliphatic rings. The third kappa shape index (κ3) is 1.76. The van der Waals surface area contributed by atoms with Gasteiger partial charge in [0, 0.05) is 17.2 Å². The van der Waals surface area contributed by atoms with Crippen LogP contribution in [0.25, 0.3) is 10.1 Å². The number of fused-ring (bicyclic) bond motifs is 1. The van der Waals surface area contributed by atoms with Crippen molar-refractivity contribution in [3.63, 3.8) is 0 Å². The van der Waals surface area contributed by atoms with Gasteiger partial charge in [-0.3, -0.25) is 0 Å². The van der Waals surface area contributed by atoms with Crippen LogP contribution in [0.1, 0.15) is 0 Å². The van der Waals surface area contributed by atoms with Gasteiger partial charge in [0.05, 0.1) is 2.88 Å². The van der Waals surface area contributed by atoms with Gasteiger partial charge >= 0.3 is 0 Å². The highest BCUT2D eigenvalue weighted by Crippen LogP contribution is 2.34.